The first-order chi connectivity index (χ1) is 19.0. The number of carbonyl (C=O) groups is 2. The summed E-state index contributed by atoms with van der Waals surface area (Å²) in [6.45, 7) is 0.687. The summed E-state index contributed by atoms with van der Waals surface area (Å²) in [5, 5.41) is 2.97. The molecule has 0 unspecified atom stereocenters. The standard InChI is InChI=1S/C32H27FN2O2S2/c1-38-26-16-12-22(13-17-26)18-19-34-31(36)24-14-10-23(11-15-24)20-30-32(37)35(21-25-6-2-3-7-27(25)33)28-8-4-5-9-29(28)39-30/h2-17,20H,18-19,21H2,1H3,(H,34,36)/b30-20+. The van der Waals surface area contributed by atoms with Crippen molar-refractivity contribution in [3.63, 3.8) is 0 Å². The molecular weight excluding hydrogens is 527 g/mol. The Morgan fingerprint density at radius 2 is 1.67 bits per heavy atom. The van der Waals surface area contributed by atoms with Gasteiger partial charge in [-0.3, -0.25) is 9.59 Å². The van der Waals surface area contributed by atoms with Crippen molar-refractivity contribution in [1.82, 2.24) is 5.32 Å². The van der Waals surface area contributed by atoms with Crippen LogP contribution in [0.3, 0.4) is 0 Å². The second kappa shape index (κ2) is 12.4. The van der Waals surface area contributed by atoms with Crippen LogP contribution in [-0.2, 0) is 17.8 Å². The number of para-hydroxylation sites is 1. The van der Waals surface area contributed by atoms with Crippen LogP contribution in [0, 0.1) is 5.82 Å². The molecule has 0 saturated heterocycles. The lowest BCUT2D eigenvalue weighted by Crippen LogP contribution is -2.34. The molecule has 0 aromatic heterocycles. The fourth-order valence-electron chi connectivity index (χ4n) is 4.31. The number of thioether (sulfide) groups is 2. The molecule has 39 heavy (non-hydrogen) atoms. The smallest absolute Gasteiger partial charge is 0.265 e. The highest BCUT2D eigenvalue weighted by Gasteiger charge is 2.29. The summed E-state index contributed by atoms with van der Waals surface area (Å²) in [6, 6.07) is 29.7. The molecule has 4 aromatic rings. The Bertz CT molecular complexity index is 1520. The van der Waals surface area contributed by atoms with E-state index in [4.69, 9.17) is 0 Å². The predicted molar refractivity (Wildman–Crippen MR) is 159 cm³/mol. The quantitative estimate of drug-likeness (QED) is 0.185. The van der Waals surface area contributed by atoms with Gasteiger partial charge in [-0.1, -0.05) is 66.4 Å². The maximum absolute atomic E-state index is 14.4. The van der Waals surface area contributed by atoms with Crippen LogP contribution in [0.2, 0.25) is 0 Å². The summed E-state index contributed by atoms with van der Waals surface area (Å²) in [5.41, 5.74) is 3.76. The highest BCUT2D eigenvalue weighted by atomic mass is 32.2. The van der Waals surface area contributed by atoms with Crippen LogP contribution in [0.1, 0.15) is 27.0 Å². The number of halogens is 1. The fourth-order valence-corrected chi connectivity index (χ4v) is 5.78. The van der Waals surface area contributed by atoms with Crippen LogP contribution >= 0.6 is 23.5 Å². The second-order valence-corrected chi connectivity index (χ2v) is 11.0. The molecule has 0 radical (unpaired) electrons. The van der Waals surface area contributed by atoms with Crippen LogP contribution in [0.25, 0.3) is 6.08 Å². The molecule has 0 aliphatic carbocycles. The zero-order valence-corrected chi connectivity index (χ0v) is 23.0. The minimum Gasteiger partial charge on any atom is -0.352 e. The van der Waals surface area contributed by atoms with Crippen LogP contribution in [-0.4, -0.2) is 24.6 Å². The highest BCUT2D eigenvalue weighted by molar-refractivity contribution is 8.04. The Hall–Kier alpha value is -3.81. The summed E-state index contributed by atoms with van der Waals surface area (Å²) < 4.78 is 14.4. The molecule has 1 N–H and O–H groups in total. The zero-order chi connectivity index (χ0) is 27.2. The Morgan fingerprint density at radius 3 is 2.41 bits per heavy atom. The van der Waals surface area contributed by atoms with E-state index in [-0.39, 0.29) is 24.2 Å². The molecule has 0 spiro atoms. The van der Waals surface area contributed by atoms with E-state index in [2.05, 4.69) is 29.6 Å². The monoisotopic (exact) mass is 554 g/mol. The molecule has 7 heteroatoms. The van der Waals surface area contributed by atoms with Crippen LogP contribution < -0.4 is 10.2 Å². The van der Waals surface area contributed by atoms with Gasteiger partial charge in [0.2, 0.25) is 0 Å². The maximum Gasteiger partial charge on any atom is 0.265 e. The minimum atomic E-state index is -0.339. The molecular formula is C32H27FN2O2S2. The van der Waals surface area contributed by atoms with Crippen molar-refractivity contribution in [3.05, 3.63) is 130 Å². The number of nitrogens with zero attached hydrogens (tertiary/aromatic N) is 1. The van der Waals surface area contributed by atoms with E-state index >= 15 is 0 Å². The average molecular weight is 555 g/mol. The number of hydrogen-bond donors (Lipinski definition) is 1. The number of hydrogen-bond acceptors (Lipinski definition) is 4. The molecule has 0 saturated carbocycles. The van der Waals surface area contributed by atoms with Gasteiger partial charge in [-0.2, -0.15) is 0 Å². The SMILES string of the molecule is CSc1ccc(CCNC(=O)c2ccc(/C=C3/Sc4ccccc4N(Cc4ccccc4F)C3=O)cc2)cc1. The summed E-state index contributed by atoms with van der Waals surface area (Å²) in [6.07, 6.45) is 4.62. The molecule has 4 aromatic carbocycles. The van der Waals surface area contributed by atoms with E-state index in [1.54, 1.807) is 47.0 Å². The van der Waals surface area contributed by atoms with E-state index in [0.29, 0.717) is 22.6 Å². The topological polar surface area (TPSA) is 49.4 Å². The molecule has 0 bridgehead atoms. The third-order valence-corrected chi connectivity index (χ3v) is 8.27. The number of nitrogens with one attached hydrogen (secondary N) is 1. The van der Waals surface area contributed by atoms with Gasteiger partial charge < -0.3 is 10.2 Å². The Kier molecular flexibility index (Phi) is 8.49. The minimum absolute atomic E-state index is 0.136. The van der Waals surface area contributed by atoms with Crippen molar-refractivity contribution in [2.75, 3.05) is 17.7 Å². The van der Waals surface area contributed by atoms with Crippen LogP contribution in [0.5, 0.6) is 0 Å². The van der Waals surface area contributed by atoms with Gasteiger partial charge in [0.1, 0.15) is 5.82 Å². The van der Waals surface area contributed by atoms with Crippen molar-refractivity contribution >= 4 is 47.1 Å². The normalized spacial score (nSPS) is 13.8. The zero-order valence-electron chi connectivity index (χ0n) is 21.4. The number of amides is 2. The van der Waals surface area contributed by atoms with Crippen molar-refractivity contribution in [3.8, 4) is 0 Å². The lowest BCUT2D eigenvalue weighted by Gasteiger charge is -2.30. The molecule has 5 rings (SSSR count). The Morgan fingerprint density at radius 1 is 0.949 bits per heavy atom. The first-order valence-corrected chi connectivity index (χ1v) is 14.6. The lowest BCUT2D eigenvalue weighted by atomic mass is 10.1. The largest absolute Gasteiger partial charge is 0.352 e. The molecule has 0 atom stereocenters. The number of carbonyl (C=O) groups excluding carboxylic acids is 2. The summed E-state index contributed by atoms with van der Waals surface area (Å²) in [7, 11) is 0. The third-order valence-electron chi connectivity index (χ3n) is 6.45. The molecule has 2 amide bonds. The number of anilines is 1. The van der Waals surface area contributed by atoms with Gasteiger partial charge in [-0.05, 0) is 72.3 Å². The van der Waals surface area contributed by atoms with Gasteiger partial charge >= 0.3 is 0 Å². The van der Waals surface area contributed by atoms with Crippen LogP contribution in [0.15, 0.2) is 112 Å². The fraction of sp³-hybridized carbons (Fsp3) is 0.125. The predicted octanol–water partition coefficient (Wildman–Crippen LogP) is 7.20. The second-order valence-electron chi connectivity index (χ2n) is 9.04. The van der Waals surface area contributed by atoms with Crippen molar-refractivity contribution < 1.29 is 14.0 Å². The van der Waals surface area contributed by atoms with E-state index in [1.807, 2.05) is 48.7 Å². The summed E-state index contributed by atoms with van der Waals surface area (Å²) >= 11 is 3.10. The first-order valence-electron chi connectivity index (χ1n) is 12.6. The molecule has 1 aliphatic heterocycles. The molecule has 4 nitrogen and oxygen atoms in total. The van der Waals surface area contributed by atoms with E-state index < -0.39 is 0 Å². The Labute approximate surface area is 236 Å². The van der Waals surface area contributed by atoms with E-state index in [0.717, 1.165) is 22.6 Å². The van der Waals surface area contributed by atoms with Gasteiger partial charge in [-0.25, -0.2) is 4.39 Å². The number of rotatable bonds is 8. The van der Waals surface area contributed by atoms with Crippen molar-refractivity contribution in [1.29, 1.82) is 0 Å². The third kappa shape index (κ3) is 6.44. The Balaban J connectivity index is 1.27. The highest BCUT2D eigenvalue weighted by Crippen LogP contribution is 2.42. The van der Waals surface area contributed by atoms with Crippen molar-refractivity contribution in [2.45, 2.75) is 22.8 Å². The molecule has 0 fully saturated rings. The molecule has 1 heterocycles. The number of benzene rings is 4. The van der Waals surface area contributed by atoms with Gasteiger partial charge in [0.25, 0.3) is 11.8 Å². The number of fused-ring (bicyclic) bond motifs is 1. The van der Waals surface area contributed by atoms with Gasteiger partial charge in [0.05, 0.1) is 17.1 Å². The maximum atomic E-state index is 14.4. The van der Waals surface area contributed by atoms with Gasteiger partial charge in [-0.15, -0.1) is 11.8 Å². The van der Waals surface area contributed by atoms with Crippen LogP contribution in [0.4, 0.5) is 10.1 Å². The molecule has 196 valence electrons. The van der Waals surface area contributed by atoms with Crippen molar-refractivity contribution in [2.24, 2.45) is 0 Å². The lowest BCUT2D eigenvalue weighted by molar-refractivity contribution is -0.114. The van der Waals surface area contributed by atoms with Gasteiger partial charge in [0.15, 0.2) is 0 Å². The first kappa shape index (κ1) is 26.8. The summed E-state index contributed by atoms with van der Waals surface area (Å²) in [4.78, 5) is 30.4. The summed E-state index contributed by atoms with van der Waals surface area (Å²) in [5.74, 6) is -0.661. The van der Waals surface area contributed by atoms with E-state index in [1.165, 1.54) is 28.3 Å². The average Bonchev–Trinajstić information content (AvgIpc) is 2.97. The van der Waals surface area contributed by atoms with Gasteiger partial charge in [0, 0.05) is 27.5 Å². The van der Waals surface area contributed by atoms with E-state index in [9.17, 15) is 14.0 Å². The molecule has 1 aliphatic rings.